The average molecular weight is 843 g/mol. The molecule has 0 amide bonds. The maximum absolute atomic E-state index is 6.81. The molecule has 0 saturated heterocycles. The van der Waals surface area contributed by atoms with Crippen LogP contribution in [-0.2, 0) is 16.2 Å². The Labute approximate surface area is 384 Å². The molecule has 0 saturated carbocycles. The van der Waals surface area contributed by atoms with Gasteiger partial charge in [-0.3, -0.25) is 0 Å². The molecule has 8 aromatic carbocycles. The van der Waals surface area contributed by atoms with Crippen LogP contribution >= 0.6 is 0 Å². The Hall–Kier alpha value is -6.78. The number of para-hydroxylation sites is 2. The zero-order valence-corrected chi connectivity index (χ0v) is 38.9. The number of aryl methyl sites for hydroxylation is 1. The van der Waals surface area contributed by atoms with E-state index < -0.39 is 0 Å². The van der Waals surface area contributed by atoms with Gasteiger partial charge in [-0.25, -0.2) is 0 Å². The van der Waals surface area contributed by atoms with Gasteiger partial charge >= 0.3 is 0 Å². The smallest absolute Gasteiger partial charge is 0.252 e. The lowest BCUT2D eigenvalue weighted by Gasteiger charge is -2.48. The molecular formula is C61H55BN2O. The van der Waals surface area contributed by atoms with Crippen molar-refractivity contribution >= 4 is 79.2 Å². The second-order valence-corrected chi connectivity index (χ2v) is 21.3. The van der Waals surface area contributed by atoms with Crippen LogP contribution in [0, 0.1) is 6.92 Å². The molecule has 3 nitrogen and oxygen atoms in total. The van der Waals surface area contributed by atoms with Crippen molar-refractivity contribution in [2.45, 2.75) is 84.5 Å². The summed E-state index contributed by atoms with van der Waals surface area (Å²) in [6, 6.07) is 61.6. The summed E-state index contributed by atoms with van der Waals surface area (Å²) in [6.45, 7) is 19.0. The molecule has 318 valence electrons. The number of furan rings is 1. The average Bonchev–Trinajstić information content (AvgIpc) is 3.67. The highest BCUT2D eigenvalue weighted by Gasteiger charge is 2.47. The van der Waals surface area contributed by atoms with Crippen molar-refractivity contribution in [2.24, 2.45) is 0 Å². The number of hydrogen-bond donors (Lipinski definition) is 0. The Morgan fingerprint density at radius 1 is 0.477 bits per heavy atom. The van der Waals surface area contributed by atoms with Gasteiger partial charge in [0.1, 0.15) is 11.2 Å². The number of anilines is 6. The monoisotopic (exact) mass is 842 g/mol. The van der Waals surface area contributed by atoms with Gasteiger partial charge in [0.05, 0.1) is 5.69 Å². The molecule has 3 heterocycles. The third kappa shape index (κ3) is 6.09. The molecule has 0 atom stereocenters. The molecule has 0 bridgehead atoms. The highest BCUT2D eigenvalue weighted by Crippen LogP contribution is 2.52. The van der Waals surface area contributed by atoms with Gasteiger partial charge in [0, 0.05) is 44.8 Å². The van der Waals surface area contributed by atoms with Crippen LogP contribution in [0.4, 0.5) is 34.1 Å². The van der Waals surface area contributed by atoms with Crippen LogP contribution < -0.4 is 26.2 Å². The topological polar surface area (TPSA) is 19.6 Å². The lowest BCUT2D eigenvalue weighted by atomic mass is 9.33. The molecule has 65 heavy (non-hydrogen) atoms. The summed E-state index contributed by atoms with van der Waals surface area (Å²) >= 11 is 0. The number of nitrogens with zero attached hydrogens (tertiary/aromatic N) is 2. The number of fused-ring (bicyclic) bond motifs is 8. The molecule has 1 aromatic heterocycles. The van der Waals surface area contributed by atoms with E-state index in [4.69, 9.17) is 4.42 Å². The first-order chi connectivity index (χ1) is 31.3. The van der Waals surface area contributed by atoms with Crippen molar-refractivity contribution < 1.29 is 4.42 Å². The number of benzene rings is 8. The zero-order valence-electron chi connectivity index (χ0n) is 38.9. The van der Waals surface area contributed by atoms with Crippen molar-refractivity contribution in [1.29, 1.82) is 0 Å². The van der Waals surface area contributed by atoms with E-state index in [9.17, 15) is 0 Å². The normalized spacial score (nSPS) is 15.7. The van der Waals surface area contributed by atoms with Gasteiger partial charge in [-0.1, -0.05) is 164 Å². The predicted octanol–water partition coefficient (Wildman–Crippen LogP) is 15.0. The van der Waals surface area contributed by atoms with E-state index in [-0.39, 0.29) is 23.0 Å². The van der Waals surface area contributed by atoms with Gasteiger partial charge in [-0.15, -0.1) is 0 Å². The van der Waals surface area contributed by atoms with Crippen LogP contribution in [0.5, 0.6) is 0 Å². The van der Waals surface area contributed by atoms with Gasteiger partial charge in [0.25, 0.3) is 6.71 Å². The molecule has 12 rings (SSSR count). The molecule has 0 radical (unpaired) electrons. The van der Waals surface area contributed by atoms with Crippen LogP contribution in [0.3, 0.4) is 0 Å². The van der Waals surface area contributed by atoms with Gasteiger partial charge < -0.3 is 14.2 Å². The van der Waals surface area contributed by atoms with Crippen LogP contribution in [0.2, 0.25) is 0 Å². The van der Waals surface area contributed by atoms with E-state index in [1.165, 1.54) is 89.3 Å². The second-order valence-electron chi connectivity index (χ2n) is 21.3. The molecule has 4 heteroatoms. The van der Waals surface area contributed by atoms with E-state index in [1.54, 1.807) is 0 Å². The van der Waals surface area contributed by atoms with E-state index >= 15 is 0 Å². The first kappa shape index (κ1) is 39.8. The van der Waals surface area contributed by atoms with Gasteiger partial charge in [0.15, 0.2) is 0 Å². The van der Waals surface area contributed by atoms with Crippen LogP contribution in [0.15, 0.2) is 168 Å². The molecule has 1 aliphatic carbocycles. The maximum atomic E-state index is 6.81. The molecule has 2 aliphatic heterocycles. The summed E-state index contributed by atoms with van der Waals surface area (Å²) in [7, 11) is 0. The van der Waals surface area contributed by atoms with Gasteiger partial charge in [0.2, 0.25) is 0 Å². The summed E-state index contributed by atoms with van der Waals surface area (Å²) in [5.74, 6) is 0. The summed E-state index contributed by atoms with van der Waals surface area (Å²) in [5.41, 5.74) is 23.4. The van der Waals surface area contributed by atoms with Crippen molar-refractivity contribution in [3.63, 3.8) is 0 Å². The van der Waals surface area contributed by atoms with Crippen molar-refractivity contribution in [1.82, 2.24) is 0 Å². The third-order valence-corrected chi connectivity index (χ3v) is 15.2. The minimum absolute atomic E-state index is 0.0214. The van der Waals surface area contributed by atoms with Crippen molar-refractivity contribution in [2.75, 3.05) is 9.80 Å². The Morgan fingerprint density at radius 2 is 1.06 bits per heavy atom. The van der Waals surface area contributed by atoms with Crippen LogP contribution in [0.1, 0.15) is 83.6 Å². The Bertz CT molecular complexity index is 3390. The zero-order chi connectivity index (χ0) is 44.6. The highest BCUT2D eigenvalue weighted by atomic mass is 16.3. The largest absolute Gasteiger partial charge is 0.456 e. The second kappa shape index (κ2) is 14.1. The first-order valence-electron chi connectivity index (χ1n) is 23.5. The van der Waals surface area contributed by atoms with E-state index in [1.807, 2.05) is 0 Å². The van der Waals surface area contributed by atoms with Crippen LogP contribution in [0.25, 0.3) is 44.2 Å². The Morgan fingerprint density at radius 3 is 1.75 bits per heavy atom. The van der Waals surface area contributed by atoms with Crippen molar-refractivity contribution in [3.8, 4) is 22.3 Å². The lowest BCUT2D eigenvalue weighted by molar-refractivity contribution is 0.332. The first-order valence-corrected chi connectivity index (χ1v) is 23.5. The summed E-state index contributed by atoms with van der Waals surface area (Å²) < 4.78 is 6.81. The maximum Gasteiger partial charge on any atom is 0.252 e. The highest BCUT2D eigenvalue weighted by molar-refractivity contribution is 7.00. The molecule has 3 aliphatic rings. The molecular weight excluding hydrogens is 787 g/mol. The number of hydrogen-bond acceptors (Lipinski definition) is 3. The predicted molar refractivity (Wildman–Crippen MR) is 277 cm³/mol. The van der Waals surface area contributed by atoms with E-state index in [0.717, 1.165) is 40.5 Å². The van der Waals surface area contributed by atoms with Crippen LogP contribution in [-0.4, -0.2) is 6.71 Å². The Kier molecular flexibility index (Phi) is 8.64. The Balaban J connectivity index is 1.26. The molecule has 0 spiro atoms. The van der Waals surface area contributed by atoms with Crippen molar-refractivity contribution in [3.05, 3.63) is 186 Å². The fourth-order valence-electron chi connectivity index (χ4n) is 11.5. The standard InChI is InChI=1S/C61H55BN2O/c1-38-31-42(59(2,3)4)27-28-50(38)63-53-36-47-46(60(5,6)29-30-61(47,7)8)35-48(53)62-49-37-57-45(44-24-16-18-26-56(44)65-57)34-52(49)64(51-25-17-15-23-43(51)40-21-13-10-14-22-40)55-33-41(32-54(63)58(55)62)39-19-11-9-12-20-39/h9-28,31-37H,29-30H2,1-8H3. The molecule has 0 N–H and O–H groups in total. The van der Waals surface area contributed by atoms with Gasteiger partial charge in [-0.2, -0.15) is 0 Å². The third-order valence-electron chi connectivity index (χ3n) is 15.2. The number of rotatable bonds is 4. The molecule has 0 fully saturated rings. The summed E-state index contributed by atoms with van der Waals surface area (Å²) in [4.78, 5) is 5.23. The van der Waals surface area contributed by atoms with E-state index in [0.29, 0.717) is 0 Å². The minimum Gasteiger partial charge on any atom is -0.456 e. The fourth-order valence-corrected chi connectivity index (χ4v) is 11.5. The lowest BCUT2D eigenvalue weighted by Crippen LogP contribution is -2.62. The SMILES string of the molecule is Cc1cc(C(C)(C)C)ccc1N1c2cc3c(cc2B2c4cc5oc6ccccc6c5cc4N(c4ccccc4-c4ccccc4)c4cc(-c5ccccc5)cc1c42)C(C)(C)CCC3(C)C. The molecule has 9 aromatic rings. The van der Waals surface area contributed by atoms with Gasteiger partial charge in [-0.05, 0) is 140 Å². The fraction of sp³-hybridized carbons (Fsp3) is 0.213. The molecule has 0 unspecified atom stereocenters. The minimum atomic E-state index is -0.0656. The summed E-state index contributed by atoms with van der Waals surface area (Å²) in [6.07, 6.45) is 2.30. The summed E-state index contributed by atoms with van der Waals surface area (Å²) in [5, 5.41) is 2.26. The quantitative estimate of drug-likeness (QED) is 0.165. The van der Waals surface area contributed by atoms with E-state index in [2.05, 4.69) is 229 Å².